The van der Waals surface area contributed by atoms with Gasteiger partial charge in [-0.15, -0.1) is 0 Å². The van der Waals surface area contributed by atoms with E-state index in [2.05, 4.69) is 56.4 Å². The van der Waals surface area contributed by atoms with E-state index in [0.29, 0.717) is 6.04 Å². The second-order valence-corrected chi connectivity index (χ2v) is 5.26. The van der Waals surface area contributed by atoms with Gasteiger partial charge < -0.3 is 5.32 Å². The fraction of sp³-hybridized carbons (Fsp3) is 0.647. The normalized spacial score (nSPS) is 12.9. The van der Waals surface area contributed by atoms with Crippen molar-refractivity contribution in [2.24, 2.45) is 5.92 Å². The predicted molar refractivity (Wildman–Crippen MR) is 80.9 cm³/mol. The van der Waals surface area contributed by atoms with Gasteiger partial charge in [-0.25, -0.2) is 0 Å². The molecule has 1 aromatic rings. The van der Waals surface area contributed by atoms with Crippen molar-refractivity contribution in [3.05, 3.63) is 35.9 Å². The molecular formula is C17H29N. The Bertz CT molecular complexity index is 290. The first kappa shape index (κ1) is 15.2. The lowest BCUT2D eigenvalue weighted by molar-refractivity contribution is 0.363. The summed E-state index contributed by atoms with van der Waals surface area (Å²) in [5.41, 5.74) is 1.46. The molecule has 1 rings (SSSR count). The van der Waals surface area contributed by atoms with Crippen LogP contribution in [0.1, 0.15) is 52.0 Å². The maximum atomic E-state index is 3.72. The summed E-state index contributed by atoms with van der Waals surface area (Å²) in [5.74, 6) is 0.864. The van der Waals surface area contributed by atoms with E-state index in [1.54, 1.807) is 0 Å². The molecule has 0 aliphatic rings. The number of nitrogens with one attached hydrogen (secondary N) is 1. The lowest BCUT2D eigenvalue weighted by Gasteiger charge is -2.23. The summed E-state index contributed by atoms with van der Waals surface area (Å²) < 4.78 is 0. The molecule has 0 aliphatic carbocycles. The van der Waals surface area contributed by atoms with E-state index in [-0.39, 0.29) is 0 Å². The molecule has 0 bridgehead atoms. The van der Waals surface area contributed by atoms with Gasteiger partial charge in [0.1, 0.15) is 0 Å². The van der Waals surface area contributed by atoms with E-state index in [4.69, 9.17) is 0 Å². The number of benzene rings is 1. The molecule has 0 aliphatic heterocycles. The predicted octanol–water partition coefficient (Wildman–Crippen LogP) is 4.42. The van der Waals surface area contributed by atoms with Crippen LogP contribution in [0.25, 0.3) is 0 Å². The summed E-state index contributed by atoms with van der Waals surface area (Å²) in [6, 6.07) is 11.5. The second kappa shape index (κ2) is 9.16. The summed E-state index contributed by atoms with van der Waals surface area (Å²) in [7, 11) is 0. The SMILES string of the molecule is CCCNC(Cc1ccccc1)CC(CC)CC. The highest BCUT2D eigenvalue weighted by atomic mass is 14.9. The van der Waals surface area contributed by atoms with Gasteiger partial charge in [0, 0.05) is 6.04 Å². The first-order chi connectivity index (χ1) is 8.80. The third-order valence-electron chi connectivity index (χ3n) is 3.78. The largest absolute Gasteiger partial charge is 0.314 e. The van der Waals surface area contributed by atoms with Gasteiger partial charge in [0.05, 0.1) is 0 Å². The standard InChI is InChI=1S/C17H29N/c1-4-12-18-17(13-15(5-2)6-3)14-16-10-8-7-9-11-16/h7-11,15,17-18H,4-6,12-14H2,1-3H3. The lowest BCUT2D eigenvalue weighted by Crippen LogP contribution is -2.33. The smallest absolute Gasteiger partial charge is 0.0110 e. The molecule has 0 heterocycles. The van der Waals surface area contributed by atoms with Gasteiger partial charge in [0.15, 0.2) is 0 Å². The van der Waals surface area contributed by atoms with Crippen LogP contribution in [0.15, 0.2) is 30.3 Å². The van der Waals surface area contributed by atoms with Crippen LogP contribution in [0, 0.1) is 5.92 Å². The molecular weight excluding hydrogens is 218 g/mol. The van der Waals surface area contributed by atoms with Gasteiger partial charge in [-0.1, -0.05) is 63.9 Å². The van der Waals surface area contributed by atoms with Crippen molar-refractivity contribution < 1.29 is 0 Å². The van der Waals surface area contributed by atoms with Crippen molar-refractivity contribution in [1.29, 1.82) is 0 Å². The Balaban J connectivity index is 2.54. The van der Waals surface area contributed by atoms with Crippen LogP contribution < -0.4 is 5.32 Å². The molecule has 1 aromatic carbocycles. The number of hydrogen-bond acceptors (Lipinski definition) is 1. The molecule has 1 N–H and O–H groups in total. The molecule has 1 heteroatoms. The van der Waals surface area contributed by atoms with Crippen LogP contribution in [-0.2, 0) is 6.42 Å². The highest BCUT2D eigenvalue weighted by molar-refractivity contribution is 5.15. The minimum Gasteiger partial charge on any atom is -0.314 e. The highest BCUT2D eigenvalue weighted by Crippen LogP contribution is 2.17. The molecule has 0 saturated carbocycles. The Kier molecular flexibility index (Phi) is 7.75. The summed E-state index contributed by atoms with van der Waals surface area (Å²) in [6.45, 7) is 8.00. The van der Waals surface area contributed by atoms with Crippen LogP contribution in [0.4, 0.5) is 0 Å². The summed E-state index contributed by atoms with van der Waals surface area (Å²) in [6.07, 6.45) is 6.29. The third-order valence-corrected chi connectivity index (χ3v) is 3.78. The lowest BCUT2D eigenvalue weighted by atomic mass is 9.91. The Hall–Kier alpha value is -0.820. The van der Waals surface area contributed by atoms with Gasteiger partial charge in [0.2, 0.25) is 0 Å². The first-order valence-corrected chi connectivity index (χ1v) is 7.57. The van der Waals surface area contributed by atoms with E-state index in [1.165, 1.54) is 31.2 Å². The van der Waals surface area contributed by atoms with Crippen molar-refractivity contribution in [2.45, 2.75) is 58.9 Å². The Morgan fingerprint density at radius 2 is 1.67 bits per heavy atom. The minimum atomic E-state index is 0.636. The van der Waals surface area contributed by atoms with Crippen molar-refractivity contribution in [1.82, 2.24) is 5.32 Å². The van der Waals surface area contributed by atoms with E-state index >= 15 is 0 Å². The van der Waals surface area contributed by atoms with Crippen LogP contribution in [-0.4, -0.2) is 12.6 Å². The number of hydrogen-bond donors (Lipinski definition) is 1. The van der Waals surface area contributed by atoms with E-state index in [0.717, 1.165) is 18.9 Å². The van der Waals surface area contributed by atoms with Gasteiger partial charge in [0.25, 0.3) is 0 Å². The van der Waals surface area contributed by atoms with Crippen molar-refractivity contribution in [3.8, 4) is 0 Å². The van der Waals surface area contributed by atoms with Crippen LogP contribution in [0.5, 0.6) is 0 Å². The summed E-state index contributed by atoms with van der Waals surface area (Å²) in [4.78, 5) is 0. The molecule has 0 amide bonds. The van der Waals surface area contributed by atoms with Crippen LogP contribution in [0.2, 0.25) is 0 Å². The fourth-order valence-corrected chi connectivity index (χ4v) is 2.51. The highest BCUT2D eigenvalue weighted by Gasteiger charge is 2.13. The number of rotatable bonds is 9. The van der Waals surface area contributed by atoms with Gasteiger partial charge in [-0.2, -0.15) is 0 Å². The maximum Gasteiger partial charge on any atom is 0.0110 e. The zero-order chi connectivity index (χ0) is 13.2. The Morgan fingerprint density at radius 3 is 2.22 bits per heavy atom. The Labute approximate surface area is 113 Å². The van der Waals surface area contributed by atoms with Crippen molar-refractivity contribution in [3.63, 3.8) is 0 Å². The molecule has 0 radical (unpaired) electrons. The zero-order valence-corrected chi connectivity index (χ0v) is 12.3. The molecule has 102 valence electrons. The van der Waals surface area contributed by atoms with Gasteiger partial charge in [-0.3, -0.25) is 0 Å². The van der Waals surface area contributed by atoms with Crippen LogP contribution in [0.3, 0.4) is 0 Å². The quantitative estimate of drug-likeness (QED) is 0.681. The van der Waals surface area contributed by atoms with Gasteiger partial charge in [-0.05, 0) is 37.3 Å². The third kappa shape index (κ3) is 5.68. The molecule has 1 nitrogen and oxygen atoms in total. The molecule has 18 heavy (non-hydrogen) atoms. The minimum absolute atomic E-state index is 0.636. The molecule has 0 saturated heterocycles. The molecule has 0 spiro atoms. The van der Waals surface area contributed by atoms with E-state index < -0.39 is 0 Å². The molecule has 0 aromatic heterocycles. The monoisotopic (exact) mass is 247 g/mol. The molecule has 0 fully saturated rings. The molecule has 1 atom stereocenters. The van der Waals surface area contributed by atoms with Crippen molar-refractivity contribution in [2.75, 3.05) is 6.54 Å². The molecule has 1 unspecified atom stereocenters. The summed E-state index contributed by atoms with van der Waals surface area (Å²) in [5, 5.41) is 3.72. The van der Waals surface area contributed by atoms with E-state index in [9.17, 15) is 0 Å². The average molecular weight is 247 g/mol. The Morgan fingerprint density at radius 1 is 1.00 bits per heavy atom. The topological polar surface area (TPSA) is 12.0 Å². The zero-order valence-electron chi connectivity index (χ0n) is 12.3. The second-order valence-electron chi connectivity index (χ2n) is 5.26. The first-order valence-electron chi connectivity index (χ1n) is 7.57. The maximum absolute atomic E-state index is 3.72. The fourth-order valence-electron chi connectivity index (χ4n) is 2.51. The summed E-state index contributed by atoms with van der Waals surface area (Å²) >= 11 is 0. The van der Waals surface area contributed by atoms with Crippen LogP contribution >= 0.6 is 0 Å². The van der Waals surface area contributed by atoms with E-state index in [1.807, 2.05) is 0 Å². The van der Waals surface area contributed by atoms with Gasteiger partial charge >= 0.3 is 0 Å². The van der Waals surface area contributed by atoms with Crippen molar-refractivity contribution >= 4 is 0 Å². The average Bonchev–Trinajstić information content (AvgIpc) is 2.42.